The first kappa shape index (κ1) is 21.8. The molecule has 1 heterocycles. The van der Waals surface area contributed by atoms with E-state index in [9.17, 15) is 0 Å². The van der Waals surface area contributed by atoms with Gasteiger partial charge in [-0.05, 0) is 25.5 Å². The fraction of sp³-hybridized carbons (Fsp3) is 0.611. The van der Waals surface area contributed by atoms with E-state index in [-0.39, 0.29) is 24.0 Å². The van der Waals surface area contributed by atoms with Crippen LogP contribution in [0.5, 0.6) is 5.75 Å². The highest BCUT2D eigenvalue weighted by Gasteiger charge is 2.21. The molecule has 1 aliphatic heterocycles. The van der Waals surface area contributed by atoms with Gasteiger partial charge in [-0.3, -0.25) is 4.99 Å². The van der Waals surface area contributed by atoms with Crippen molar-refractivity contribution in [2.75, 3.05) is 65.0 Å². The van der Waals surface area contributed by atoms with Crippen molar-refractivity contribution in [3.63, 3.8) is 0 Å². The van der Waals surface area contributed by atoms with Crippen LogP contribution in [-0.2, 0) is 4.74 Å². The molecule has 0 spiro atoms. The summed E-state index contributed by atoms with van der Waals surface area (Å²) in [6.45, 7) is 8.29. The van der Waals surface area contributed by atoms with Crippen molar-refractivity contribution >= 4 is 35.6 Å². The summed E-state index contributed by atoms with van der Waals surface area (Å²) >= 11 is 0. The van der Waals surface area contributed by atoms with Gasteiger partial charge in [0.15, 0.2) is 5.96 Å². The molecule has 1 saturated heterocycles. The molecule has 2 rings (SSSR count). The summed E-state index contributed by atoms with van der Waals surface area (Å²) < 4.78 is 10.8. The Morgan fingerprint density at radius 1 is 1.20 bits per heavy atom. The van der Waals surface area contributed by atoms with Gasteiger partial charge in [0.25, 0.3) is 0 Å². The molecule has 0 saturated carbocycles. The Bertz CT molecular complexity index is 520. The Hall–Kier alpha value is -1.22. The molecular weight excluding hydrogens is 431 g/mol. The highest BCUT2D eigenvalue weighted by atomic mass is 127. The third-order valence-electron chi connectivity index (χ3n) is 4.17. The third-order valence-corrected chi connectivity index (χ3v) is 4.17. The van der Waals surface area contributed by atoms with E-state index >= 15 is 0 Å². The molecule has 0 radical (unpaired) electrons. The van der Waals surface area contributed by atoms with E-state index < -0.39 is 0 Å². The average Bonchev–Trinajstić information content (AvgIpc) is 2.65. The first-order chi connectivity index (χ1) is 11.8. The van der Waals surface area contributed by atoms with Crippen LogP contribution in [0.3, 0.4) is 0 Å². The molecule has 25 heavy (non-hydrogen) atoms. The molecule has 142 valence electrons. The Kier molecular flexibility index (Phi) is 10.6. The van der Waals surface area contributed by atoms with E-state index in [1.54, 1.807) is 7.11 Å². The zero-order valence-corrected chi connectivity index (χ0v) is 17.9. The smallest absolute Gasteiger partial charge is 0.193 e. The van der Waals surface area contributed by atoms with E-state index in [4.69, 9.17) is 9.47 Å². The van der Waals surface area contributed by atoms with Crippen LogP contribution in [0.15, 0.2) is 29.3 Å². The van der Waals surface area contributed by atoms with Crippen LogP contribution in [0, 0.1) is 0 Å². The lowest BCUT2D eigenvalue weighted by atomic mass is 10.2. The number of aliphatic imine (C=N–C) groups is 1. The third kappa shape index (κ3) is 6.54. The molecule has 0 bridgehead atoms. The van der Waals surface area contributed by atoms with Gasteiger partial charge in [0, 0.05) is 53.0 Å². The van der Waals surface area contributed by atoms with Crippen molar-refractivity contribution in [3.8, 4) is 5.75 Å². The number of halogens is 1. The largest absolute Gasteiger partial charge is 0.495 e. The van der Waals surface area contributed by atoms with Gasteiger partial charge in [0.1, 0.15) is 5.75 Å². The summed E-state index contributed by atoms with van der Waals surface area (Å²) in [5.74, 6) is 1.91. The van der Waals surface area contributed by atoms with Gasteiger partial charge in [0.05, 0.1) is 12.8 Å². The van der Waals surface area contributed by atoms with Crippen LogP contribution in [0.4, 0.5) is 5.69 Å². The first-order valence-electron chi connectivity index (χ1n) is 8.71. The molecule has 6 nitrogen and oxygen atoms in total. The van der Waals surface area contributed by atoms with E-state index in [1.807, 2.05) is 26.1 Å². The zero-order chi connectivity index (χ0) is 17.2. The molecule has 1 aliphatic rings. The van der Waals surface area contributed by atoms with Crippen molar-refractivity contribution < 1.29 is 9.47 Å². The number of hydrogen-bond donors (Lipinski definition) is 1. The lowest BCUT2D eigenvalue weighted by Crippen LogP contribution is -2.52. The van der Waals surface area contributed by atoms with Crippen LogP contribution in [0.25, 0.3) is 0 Å². The minimum atomic E-state index is 0. The number of hydrogen-bond acceptors (Lipinski definition) is 4. The standard InChI is InChI=1S/C18H30N4O2.HI/c1-4-24-15-7-10-20-18(19-2)22-13-11-21(12-14-22)16-8-5-6-9-17(16)23-3;/h5-6,8-9H,4,7,10-15H2,1-3H3,(H,19,20);1H. The second-order valence-electron chi connectivity index (χ2n) is 5.67. The molecule has 0 unspecified atom stereocenters. The fourth-order valence-electron chi connectivity index (χ4n) is 2.90. The number of nitrogens with one attached hydrogen (secondary N) is 1. The fourth-order valence-corrected chi connectivity index (χ4v) is 2.90. The maximum atomic E-state index is 5.48. The maximum absolute atomic E-state index is 5.48. The summed E-state index contributed by atoms with van der Waals surface area (Å²) in [7, 11) is 3.57. The van der Waals surface area contributed by atoms with Gasteiger partial charge in [-0.1, -0.05) is 12.1 Å². The molecule has 0 aliphatic carbocycles. The summed E-state index contributed by atoms with van der Waals surface area (Å²) in [6.07, 6.45) is 0.994. The van der Waals surface area contributed by atoms with Crippen LogP contribution in [0.1, 0.15) is 13.3 Å². The molecule has 0 amide bonds. The zero-order valence-electron chi connectivity index (χ0n) is 15.5. The Morgan fingerprint density at radius 2 is 1.92 bits per heavy atom. The van der Waals surface area contributed by atoms with E-state index in [2.05, 4.69) is 32.2 Å². The molecule has 0 atom stereocenters. The molecule has 1 fully saturated rings. The quantitative estimate of drug-likeness (QED) is 0.292. The Balaban J connectivity index is 0.00000312. The van der Waals surface area contributed by atoms with E-state index in [0.717, 1.165) is 64.1 Å². The highest BCUT2D eigenvalue weighted by molar-refractivity contribution is 14.0. The number of ether oxygens (including phenoxy) is 2. The molecule has 0 aromatic heterocycles. The van der Waals surface area contributed by atoms with Crippen LogP contribution >= 0.6 is 24.0 Å². The number of methoxy groups -OCH3 is 1. The number of rotatable bonds is 7. The first-order valence-corrected chi connectivity index (χ1v) is 8.71. The lowest BCUT2D eigenvalue weighted by Gasteiger charge is -2.38. The Labute approximate surface area is 168 Å². The van der Waals surface area contributed by atoms with Crippen molar-refractivity contribution in [2.24, 2.45) is 4.99 Å². The number of benzene rings is 1. The molecule has 1 aromatic rings. The lowest BCUT2D eigenvalue weighted by molar-refractivity contribution is 0.145. The summed E-state index contributed by atoms with van der Waals surface area (Å²) in [5.41, 5.74) is 1.17. The monoisotopic (exact) mass is 462 g/mol. The maximum Gasteiger partial charge on any atom is 0.193 e. The van der Waals surface area contributed by atoms with Gasteiger partial charge in [-0.2, -0.15) is 0 Å². The second kappa shape index (κ2) is 12.2. The Morgan fingerprint density at radius 3 is 2.56 bits per heavy atom. The molecular formula is C18H31IN4O2. The minimum Gasteiger partial charge on any atom is -0.495 e. The summed E-state index contributed by atoms with van der Waals surface area (Å²) in [4.78, 5) is 9.09. The normalized spacial score (nSPS) is 14.9. The van der Waals surface area contributed by atoms with E-state index in [0.29, 0.717) is 0 Å². The molecule has 1 aromatic carbocycles. The number of para-hydroxylation sites is 2. The van der Waals surface area contributed by atoms with Crippen molar-refractivity contribution in [1.29, 1.82) is 0 Å². The van der Waals surface area contributed by atoms with Gasteiger partial charge in [-0.25, -0.2) is 0 Å². The SMILES string of the molecule is CCOCCCNC(=NC)N1CCN(c2ccccc2OC)CC1.I. The minimum absolute atomic E-state index is 0. The van der Waals surface area contributed by atoms with Crippen molar-refractivity contribution in [3.05, 3.63) is 24.3 Å². The van der Waals surface area contributed by atoms with Gasteiger partial charge < -0.3 is 24.6 Å². The number of nitrogens with zero attached hydrogens (tertiary/aromatic N) is 3. The van der Waals surface area contributed by atoms with Crippen molar-refractivity contribution in [1.82, 2.24) is 10.2 Å². The topological polar surface area (TPSA) is 49.3 Å². The predicted molar refractivity (Wildman–Crippen MR) is 115 cm³/mol. The van der Waals surface area contributed by atoms with Crippen LogP contribution in [-0.4, -0.2) is 71.0 Å². The molecule has 7 heteroatoms. The van der Waals surface area contributed by atoms with E-state index in [1.165, 1.54) is 5.69 Å². The predicted octanol–water partition coefficient (Wildman–Crippen LogP) is 2.44. The van der Waals surface area contributed by atoms with Gasteiger partial charge >= 0.3 is 0 Å². The van der Waals surface area contributed by atoms with Crippen LogP contribution in [0.2, 0.25) is 0 Å². The average molecular weight is 462 g/mol. The number of guanidine groups is 1. The number of anilines is 1. The highest BCUT2D eigenvalue weighted by Crippen LogP contribution is 2.28. The van der Waals surface area contributed by atoms with Gasteiger partial charge in [0.2, 0.25) is 0 Å². The number of piperazine rings is 1. The summed E-state index contributed by atoms with van der Waals surface area (Å²) in [6, 6.07) is 8.20. The second-order valence-corrected chi connectivity index (χ2v) is 5.67. The van der Waals surface area contributed by atoms with Gasteiger partial charge in [-0.15, -0.1) is 24.0 Å². The molecule has 1 N–H and O–H groups in total. The summed E-state index contributed by atoms with van der Waals surface area (Å²) in [5, 5.41) is 3.43. The van der Waals surface area contributed by atoms with Crippen molar-refractivity contribution in [2.45, 2.75) is 13.3 Å². The van der Waals surface area contributed by atoms with Crippen LogP contribution < -0.4 is 15.0 Å².